The van der Waals surface area contributed by atoms with Crippen molar-refractivity contribution in [2.24, 2.45) is 5.10 Å². The zero-order chi connectivity index (χ0) is 24.7. The molecule has 3 aromatic rings. The average molecular weight is 478 g/mol. The van der Waals surface area contributed by atoms with E-state index >= 15 is 0 Å². The molecule has 0 spiro atoms. The number of nitrogens with zero attached hydrogens (tertiary/aromatic N) is 2. The molecule has 6 nitrogen and oxygen atoms in total. The normalized spacial score (nSPS) is 13.9. The van der Waals surface area contributed by atoms with E-state index in [2.05, 4.69) is 49.5 Å². The maximum atomic E-state index is 12.8. The first-order valence-electron chi connectivity index (χ1n) is 11.4. The van der Waals surface area contributed by atoms with E-state index in [9.17, 15) is 13.2 Å². The van der Waals surface area contributed by atoms with Crippen molar-refractivity contribution in [2.75, 3.05) is 17.1 Å². The fourth-order valence-corrected chi connectivity index (χ4v) is 5.29. The number of hydrogen-bond donors (Lipinski definition) is 1. The second-order valence-corrected chi connectivity index (χ2v) is 11.8. The van der Waals surface area contributed by atoms with E-state index in [1.165, 1.54) is 16.7 Å². The number of amides is 1. The van der Waals surface area contributed by atoms with Gasteiger partial charge in [-0.25, -0.2) is 13.8 Å². The Morgan fingerprint density at radius 1 is 1.00 bits per heavy atom. The van der Waals surface area contributed by atoms with Crippen LogP contribution in [0.15, 0.2) is 59.7 Å². The summed E-state index contributed by atoms with van der Waals surface area (Å²) in [6.45, 7) is 7.91. The Balaban J connectivity index is 1.56. The summed E-state index contributed by atoms with van der Waals surface area (Å²) in [4.78, 5) is 12.8. The Labute approximate surface area is 201 Å². The van der Waals surface area contributed by atoms with Crippen LogP contribution < -0.4 is 9.73 Å². The molecule has 0 saturated carbocycles. The van der Waals surface area contributed by atoms with Crippen molar-refractivity contribution in [3.63, 3.8) is 0 Å². The van der Waals surface area contributed by atoms with E-state index < -0.39 is 15.9 Å². The molecule has 0 heterocycles. The summed E-state index contributed by atoms with van der Waals surface area (Å²) in [6.07, 6.45) is 3.01. The number of aryl methyl sites for hydroxylation is 2. The lowest BCUT2D eigenvalue weighted by Crippen LogP contribution is -2.39. The number of rotatable bonds is 6. The molecule has 0 fully saturated rings. The van der Waals surface area contributed by atoms with E-state index in [-0.39, 0.29) is 12.0 Å². The number of carbonyl (C=O) groups excluding carboxylic acids is 1. The third-order valence-electron chi connectivity index (χ3n) is 6.33. The molecule has 0 bridgehead atoms. The van der Waals surface area contributed by atoms with Crippen LogP contribution in [0.4, 0.5) is 5.69 Å². The second kappa shape index (κ2) is 8.87. The first-order valence-corrected chi connectivity index (χ1v) is 13.3. The summed E-state index contributed by atoms with van der Waals surface area (Å²) in [6, 6.07) is 17.8. The van der Waals surface area contributed by atoms with Crippen LogP contribution in [0.1, 0.15) is 49.9 Å². The Bertz CT molecular complexity index is 1370. The lowest BCUT2D eigenvalue weighted by atomic mass is 9.86. The quantitative estimate of drug-likeness (QED) is 0.418. The summed E-state index contributed by atoms with van der Waals surface area (Å²) in [5.41, 5.74) is 8.26. The number of nitrogens with one attached hydrogen (secondary N) is 1. The highest BCUT2D eigenvalue weighted by Crippen LogP contribution is 2.37. The van der Waals surface area contributed by atoms with Gasteiger partial charge in [0, 0.05) is 5.39 Å². The molecular weight excluding hydrogens is 446 g/mol. The van der Waals surface area contributed by atoms with Crippen molar-refractivity contribution in [3.8, 4) is 0 Å². The van der Waals surface area contributed by atoms with Crippen LogP contribution >= 0.6 is 0 Å². The summed E-state index contributed by atoms with van der Waals surface area (Å²) >= 11 is 0. The van der Waals surface area contributed by atoms with Crippen LogP contribution in [0.3, 0.4) is 0 Å². The zero-order valence-corrected chi connectivity index (χ0v) is 21.2. The highest BCUT2D eigenvalue weighted by Gasteiger charge is 2.25. The van der Waals surface area contributed by atoms with Gasteiger partial charge in [0.2, 0.25) is 10.0 Å². The molecule has 1 aliphatic carbocycles. The van der Waals surface area contributed by atoms with Crippen LogP contribution in [-0.2, 0) is 33.1 Å². The topological polar surface area (TPSA) is 78.8 Å². The van der Waals surface area contributed by atoms with Gasteiger partial charge in [-0.15, -0.1) is 0 Å². The van der Waals surface area contributed by atoms with Crippen molar-refractivity contribution < 1.29 is 13.2 Å². The molecule has 0 saturated heterocycles. The maximum Gasteiger partial charge on any atom is 0.260 e. The van der Waals surface area contributed by atoms with Crippen molar-refractivity contribution in [3.05, 3.63) is 76.9 Å². The molecule has 3 aromatic carbocycles. The Hall–Kier alpha value is -3.19. The minimum atomic E-state index is -3.70. The lowest BCUT2D eigenvalue weighted by molar-refractivity contribution is -0.119. The molecule has 1 N–H and O–H groups in total. The number of carbonyl (C=O) groups is 1. The van der Waals surface area contributed by atoms with Gasteiger partial charge in [0.25, 0.3) is 5.91 Å². The Morgan fingerprint density at radius 2 is 1.65 bits per heavy atom. The summed E-state index contributed by atoms with van der Waals surface area (Å²) < 4.78 is 26.5. The standard InChI is InChI=1S/C27H31N3O3S/c1-18(19-11-14-22(15-12-19)27(2,3)4)28-29-25(31)17-30(34(5,32)33)24-16-13-21-10-9-20-7-6-8-23(24)26(20)21/h6-8,11-16H,9-10,17H2,1-5H3,(H,29,31)/b28-18-. The fourth-order valence-electron chi connectivity index (χ4n) is 4.42. The second-order valence-electron chi connectivity index (χ2n) is 9.91. The van der Waals surface area contributed by atoms with Crippen molar-refractivity contribution in [2.45, 2.75) is 46.0 Å². The molecule has 0 aliphatic heterocycles. The van der Waals surface area contributed by atoms with Gasteiger partial charge in [0.05, 0.1) is 17.7 Å². The molecule has 34 heavy (non-hydrogen) atoms. The van der Waals surface area contributed by atoms with Gasteiger partial charge in [-0.1, -0.05) is 69.3 Å². The van der Waals surface area contributed by atoms with Gasteiger partial charge in [0.1, 0.15) is 6.54 Å². The van der Waals surface area contributed by atoms with E-state index in [4.69, 9.17) is 0 Å². The zero-order valence-electron chi connectivity index (χ0n) is 20.3. The largest absolute Gasteiger partial charge is 0.271 e. The number of benzene rings is 3. The van der Waals surface area contributed by atoms with Crippen LogP contribution in [0, 0.1) is 0 Å². The molecule has 0 aromatic heterocycles. The summed E-state index contributed by atoms with van der Waals surface area (Å²) in [5, 5.41) is 6.16. The number of anilines is 1. The third kappa shape index (κ3) is 4.85. The first-order chi connectivity index (χ1) is 15.9. The lowest BCUT2D eigenvalue weighted by Gasteiger charge is -2.23. The SMILES string of the molecule is C/C(=N/NC(=O)CN(c1ccc2c3c(cccc13)CC2)S(C)(=O)=O)c1ccc(C(C)(C)C)cc1. The van der Waals surface area contributed by atoms with Crippen molar-refractivity contribution in [1.82, 2.24) is 5.43 Å². The number of hydrogen-bond acceptors (Lipinski definition) is 4. The van der Waals surface area contributed by atoms with Crippen LogP contribution in [0.5, 0.6) is 0 Å². The monoisotopic (exact) mass is 477 g/mol. The Kier molecular flexibility index (Phi) is 6.25. The van der Waals surface area contributed by atoms with E-state index in [1.54, 1.807) is 6.07 Å². The molecule has 0 radical (unpaired) electrons. The predicted octanol–water partition coefficient (Wildman–Crippen LogP) is 4.54. The maximum absolute atomic E-state index is 12.8. The Morgan fingerprint density at radius 3 is 2.26 bits per heavy atom. The van der Waals surface area contributed by atoms with Crippen LogP contribution in [-0.4, -0.2) is 32.8 Å². The molecule has 1 amide bonds. The van der Waals surface area contributed by atoms with Crippen LogP contribution in [0.25, 0.3) is 10.8 Å². The highest BCUT2D eigenvalue weighted by molar-refractivity contribution is 7.92. The molecule has 4 rings (SSSR count). The molecule has 0 unspecified atom stereocenters. The van der Waals surface area contributed by atoms with Crippen molar-refractivity contribution in [1.29, 1.82) is 0 Å². The minimum Gasteiger partial charge on any atom is -0.271 e. The van der Waals surface area contributed by atoms with E-state index in [0.717, 1.165) is 39.7 Å². The molecule has 1 aliphatic rings. The predicted molar refractivity (Wildman–Crippen MR) is 139 cm³/mol. The summed E-state index contributed by atoms with van der Waals surface area (Å²) in [5.74, 6) is -0.501. The van der Waals surface area contributed by atoms with Gasteiger partial charge in [-0.2, -0.15) is 5.10 Å². The van der Waals surface area contributed by atoms with Crippen molar-refractivity contribution >= 4 is 38.1 Å². The smallest absolute Gasteiger partial charge is 0.260 e. The molecular formula is C27H31N3O3S. The molecule has 0 atom stereocenters. The fraction of sp³-hybridized carbons (Fsp3) is 0.333. The van der Waals surface area contributed by atoms with Gasteiger partial charge in [0.15, 0.2) is 0 Å². The number of hydrazone groups is 1. The van der Waals surface area contributed by atoms with E-state index in [0.29, 0.717) is 11.4 Å². The first kappa shape index (κ1) is 24.0. The van der Waals surface area contributed by atoms with Gasteiger partial charge >= 0.3 is 0 Å². The summed E-state index contributed by atoms with van der Waals surface area (Å²) in [7, 11) is -3.70. The highest BCUT2D eigenvalue weighted by atomic mass is 32.2. The molecule has 178 valence electrons. The minimum absolute atomic E-state index is 0.0511. The number of sulfonamides is 1. The van der Waals surface area contributed by atoms with Gasteiger partial charge < -0.3 is 0 Å². The molecule has 7 heteroatoms. The van der Waals surface area contributed by atoms with Gasteiger partial charge in [-0.3, -0.25) is 9.10 Å². The average Bonchev–Trinajstić information content (AvgIpc) is 3.20. The van der Waals surface area contributed by atoms with E-state index in [1.807, 2.05) is 37.3 Å². The van der Waals surface area contributed by atoms with Crippen LogP contribution in [0.2, 0.25) is 0 Å². The third-order valence-corrected chi connectivity index (χ3v) is 7.45. The van der Waals surface area contributed by atoms with Gasteiger partial charge in [-0.05, 0) is 58.9 Å².